The van der Waals surface area contributed by atoms with Crippen LogP contribution < -0.4 is 0 Å². The minimum atomic E-state index is -0.149. The first-order valence-electron chi connectivity index (χ1n) is 3.05. The summed E-state index contributed by atoms with van der Waals surface area (Å²) in [6.45, 7) is 3.52. The summed E-state index contributed by atoms with van der Waals surface area (Å²) in [4.78, 5) is 0. The summed E-state index contributed by atoms with van der Waals surface area (Å²) >= 11 is 0. The molecule has 1 heterocycles. The maximum Gasteiger partial charge on any atom is 0.0517 e. The third kappa shape index (κ3) is 1.46. The van der Waals surface area contributed by atoms with Gasteiger partial charge in [0.05, 0.1) is 19.3 Å². The first-order chi connectivity index (χ1) is 3.79. The zero-order chi connectivity index (χ0) is 5.98. The van der Waals surface area contributed by atoms with E-state index in [0.717, 1.165) is 19.6 Å². The minimum absolute atomic E-state index is 0.149. The van der Waals surface area contributed by atoms with Gasteiger partial charge in [0.2, 0.25) is 0 Å². The van der Waals surface area contributed by atoms with Gasteiger partial charge < -0.3 is 9.84 Å². The molecule has 0 aliphatic carbocycles. The maximum absolute atomic E-state index is 8.83. The molecule has 1 unspecified atom stereocenters. The van der Waals surface area contributed by atoms with Crippen LogP contribution in [0.15, 0.2) is 0 Å². The molecular weight excluding hydrogens is 104 g/mol. The first-order valence-corrected chi connectivity index (χ1v) is 3.05. The Hall–Kier alpha value is -0.0800. The zero-order valence-corrected chi connectivity index (χ0v) is 5.13. The lowest BCUT2D eigenvalue weighted by Crippen LogP contribution is -2.30. The summed E-state index contributed by atoms with van der Waals surface area (Å²) in [7, 11) is 0. The van der Waals surface area contributed by atoms with Crippen molar-refractivity contribution < 1.29 is 9.84 Å². The second-order valence-electron chi connectivity index (χ2n) is 2.49. The quantitative estimate of drug-likeness (QED) is 0.566. The summed E-state index contributed by atoms with van der Waals surface area (Å²) < 4.78 is 4.92. The van der Waals surface area contributed by atoms with Crippen LogP contribution in [0.3, 0.4) is 0 Å². The monoisotopic (exact) mass is 116 g/mol. The third-order valence-corrected chi connectivity index (χ3v) is 1.38. The van der Waals surface area contributed by atoms with Gasteiger partial charge in [0.25, 0.3) is 0 Å². The second kappa shape index (κ2) is 2.46. The van der Waals surface area contributed by atoms with Crippen LogP contribution in [0.2, 0.25) is 0 Å². The van der Waals surface area contributed by atoms with Crippen molar-refractivity contribution in [3.05, 3.63) is 0 Å². The van der Waals surface area contributed by atoms with E-state index in [9.17, 15) is 0 Å². The van der Waals surface area contributed by atoms with Crippen molar-refractivity contribution in [2.75, 3.05) is 13.2 Å². The molecule has 0 amide bonds. The van der Waals surface area contributed by atoms with Crippen molar-refractivity contribution in [2.45, 2.75) is 19.4 Å². The fourth-order valence-electron chi connectivity index (χ4n) is 0.903. The number of rotatable bonds is 2. The van der Waals surface area contributed by atoms with Crippen molar-refractivity contribution in [2.24, 2.45) is 5.92 Å². The average molecular weight is 116 g/mol. The molecule has 0 aromatic carbocycles. The lowest BCUT2D eigenvalue weighted by Gasteiger charge is -2.26. The Labute approximate surface area is 49.5 Å². The highest BCUT2D eigenvalue weighted by atomic mass is 16.5. The van der Waals surface area contributed by atoms with Crippen molar-refractivity contribution >= 4 is 0 Å². The number of aliphatic hydroxyl groups is 1. The first kappa shape index (κ1) is 6.05. The molecule has 0 saturated carbocycles. The summed E-state index contributed by atoms with van der Waals surface area (Å²) in [6, 6.07) is 0. The van der Waals surface area contributed by atoms with Crippen LogP contribution >= 0.6 is 0 Å². The molecule has 0 radical (unpaired) electrons. The van der Waals surface area contributed by atoms with Crippen LogP contribution in [-0.2, 0) is 4.74 Å². The average Bonchev–Trinajstić information content (AvgIpc) is 1.55. The van der Waals surface area contributed by atoms with Gasteiger partial charge in [-0.1, -0.05) is 0 Å². The van der Waals surface area contributed by atoms with Gasteiger partial charge >= 0.3 is 0 Å². The van der Waals surface area contributed by atoms with Gasteiger partial charge in [-0.25, -0.2) is 0 Å². The molecule has 0 spiro atoms. The molecule has 1 aliphatic rings. The molecule has 0 aromatic rings. The van der Waals surface area contributed by atoms with E-state index in [4.69, 9.17) is 9.84 Å². The summed E-state index contributed by atoms with van der Waals surface area (Å²) in [5, 5.41) is 8.83. The van der Waals surface area contributed by atoms with E-state index < -0.39 is 0 Å². The van der Waals surface area contributed by atoms with E-state index in [-0.39, 0.29) is 6.10 Å². The van der Waals surface area contributed by atoms with Crippen molar-refractivity contribution in [1.82, 2.24) is 0 Å². The molecule has 1 N–H and O–H groups in total. The summed E-state index contributed by atoms with van der Waals surface area (Å²) in [5.74, 6) is 0.634. The van der Waals surface area contributed by atoms with E-state index in [1.165, 1.54) is 0 Å². The Morgan fingerprint density at radius 3 is 2.50 bits per heavy atom. The Balaban J connectivity index is 2.01. The predicted octanol–water partition coefficient (Wildman–Crippen LogP) is 0.404. The van der Waals surface area contributed by atoms with E-state index in [0.29, 0.717) is 5.92 Å². The Kier molecular flexibility index (Phi) is 1.86. The van der Waals surface area contributed by atoms with Crippen molar-refractivity contribution in [3.8, 4) is 0 Å². The van der Waals surface area contributed by atoms with E-state index in [1.807, 2.05) is 6.92 Å². The highest BCUT2D eigenvalue weighted by Gasteiger charge is 2.19. The highest BCUT2D eigenvalue weighted by molar-refractivity contribution is 4.67. The van der Waals surface area contributed by atoms with Crippen LogP contribution in [-0.4, -0.2) is 24.4 Å². The van der Waals surface area contributed by atoms with Crippen LogP contribution in [0.4, 0.5) is 0 Å². The lowest BCUT2D eigenvalue weighted by atomic mass is 10.0. The van der Waals surface area contributed by atoms with Gasteiger partial charge in [-0.2, -0.15) is 0 Å². The third-order valence-electron chi connectivity index (χ3n) is 1.38. The van der Waals surface area contributed by atoms with Gasteiger partial charge in [-0.05, 0) is 13.3 Å². The number of ether oxygens (including phenoxy) is 1. The van der Waals surface area contributed by atoms with Gasteiger partial charge in [0.15, 0.2) is 0 Å². The lowest BCUT2D eigenvalue weighted by molar-refractivity contribution is -0.0506. The molecule has 1 rings (SSSR count). The topological polar surface area (TPSA) is 29.5 Å². The molecule has 2 heteroatoms. The predicted molar refractivity (Wildman–Crippen MR) is 30.6 cm³/mol. The number of hydrogen-bond donors (Lipinski definition) is 1. The summed E-state index contributed by atoms with van der Waals surface area (Å²) in [6.07, 6.45) is 0.754. The largest absolute Gasteiger partial charge is 0.393 e. The van der Waals surface area contributed by atoms with Crippen LogP contribution in [0.1, 0.15) is 13.3 Å². The Bertz CT molecular complexity index is 66.9. The van der Waals surface area contributed by atoms with E-state index in [1.54, 1.807) is 0 Å². The molecule has 1 aliphatic heterocycles. The Morgan fingerprint density at radius 1 is 1.75 bits per heavy atom. The summed E-state index contributed by atoms with van der Waals surface area (Å²) in [5.41, 5.74) is 0. The molecule has 2 nitrogen and oxygen atoms in total. The molecule has 48 valence electrons. The van der Waals surface area contributed by atoms with Gasteiger partial charge in [0, 0.05) is 5.92 Å². The molecule has 1 fully saturated rings. The molecule has 0 bridgehead atoms. The van der Waals surface area contributed by atoms with E-state index >= 15 is 0 Å². The second-order valence-corrected chi connectivity index (χ2v) is 2.49. The van der Waals surface area contributed by atoms with Gasteiger partial charge in [0.1, 0.15) is 0 Å². The minimum Gasteiger partial charge on any atom is -0.393 e. The molecule has 1 saturated heterocycles. The van der Waals surface area contributed by atoms with Crippen molar-refractivity contribution in [1.29, 1.82) is 0 Å². The van der Waals surface area contributed by atoms with Gasteiger partial charge in [-0.3, -0.25) is 0 Å². The van der Waals surface area contributed by atoms with E-state index in [2.05, 4.69) is 0 Å². The smallest absolute Gasteiger partial charge is 0.0517 e. The van der Waals surface area contributed by atoms with Crippen molar-refractivity contribution in [3.63, 3.8) is 0 Å². The number of hydrogen-bond acceptors (Lipinski definition) is 2. The van der Waals surface area contributed by atoms with Crippen LogP contribution in [0, 0.1) is 5.92 Å². The molecule has 8 heavy (non-hydrogen) atoms. The fourth-order valence-corrected chi connectivity index (χ4v) is 0.903. The highest BCUT2D eigenvalue weighted by Crippen LogP contribution is 2.15. The molecular formula is C6H12O2. The fraction of sp³-hybridized carbons (Fsp3) is 1.00. The Morgan fingerprint density at radius 2 is 2.38 bits per heavy atom. The molecule has 1 atom stereocenters. The normalized spacial score (nSPS) is 24.8. The number of aliphatic hydroxyl groups excluding tert-OH is 1. The van der Waals surface area contributed by atoms with Crippen LogP contribution in [0.5, 0.6) is 0 Å². The zero-order valence-electron chi connectivity index (χ0n) is 5.13. The van der Waals surface area contributed by atoms with Gasteiger partial charge in [-0.15, -0.1) is 0 Å². The van der Waals surface area contributed by atoms with Crippen LogP contribution in [0.25, 0.3) is 0 Å². The maximum atomic E-state index is 8.83. The standard InChI is InChI=1S/C6H12O2/c1-5(7)2-6-3-8-4-6/h5-7H,2-4H2,1H3. The molecule has 0 aromatic heterocycles. The SMILES string of the molecule is CC(O)CC1COC1.